The highest BCUT2D eigenvalue weighted by atomic mass is 32.2. The molecule has 0 spiro atoms. The molecule has 1 aliphatic heterocycles. The largest absolute Gasteiger partial charge is 0.618 e. The maximum absolute atomic E-state index is 12.1. The summed E-state index contributed by atoms with van der Waals surface area (Å²) < 4.78 is 13.6. The van der Waals surface area contributed by atoms with Crippen LogP contribution in [0.15, 0.2) is 78.0 Å². The van der Waals surface area contributed by atoms with Gasteiger partial charge in [0, 0.05) is 49.3 Å². The number of hydrogen-bond donors (Lipinski definition) is 4. The number of aliphatic hydroxyl groups is 1. The van der Waals surface area contributed by atoms with Gasteiger partial charge in [-0.1, -0.05) is 60.3 Å². The van der Waals surface area contributed by atoms with Crippen LogP contribution in [0.1, 0.15) is 66.8 Å². The minimum absolute atomic E-state index is 0.0285. The van der Waals surface area contributed by atoms with Gasteiger partial charge in [-0.25, -0.2) is 5.48 Å². The molecule has 0 radical (unpaired) electrons. The van der Waals surface area contributed by atoms with E-state index in [1.807, 2.05) is 54.6 Å². The highest BCUT2D eigenvalue weighted by Crippen LogP contribution is 2.39. The van der Waals surface area contributed by atoms with Crippen LogP contribution in [0.5, 0.6) is 0 Å². The predicted octanol–water partition coefficient (Wildman–Crippen LogP) is 3.83. The Balaban J connectivity index is 1.37. The number of ether oxygens (including phenoxy) is 2. The number of carbonyl (C=O) groups excluding carboxylic acids is 2. The molecule has 11 heteroatoms. The quantitative estimate of drug-likeness (QED) is 0.0596. The summed E-state index contributed by atoms with van der Waals surface area (Å²) in [4.78, 5) is 23.2. The number of carbonyl (C=O) groups is 2. The van der Waals surface area contributed by atoms with E-state index in [2.05, 4.69) is 5.32 Å². The summed E-state index contributed by atoms with van der Waals surface area (Å²) in [6.07, 6.45) is 2.61. The lowest BCUT2D eigenvalue weighted by molar-refractivity contribution is -0.645. The van der Waals surface area contributed by atoms with Crippen LogP contribution >= 0.6 is 11.8 Å². The molecule has 1 aliphatic rings. The molecule has 2 heterocycles. The number of aliphatic hydroxyl groups excluding tert-OH is 1. The van der Waals surface area contributed by atoms with Crippen LogP contribution in [0, 0.1) is 5.21 Å². The highest BCUT2D eigenvalue weighted by Gasteiger charge is 2.32. The van der Waals surface area contributed by atoms with Crippen LogP contribution in [0.3, 0.4) is 0 Å². The zero-order valence-corrected chi connectivity index (χ0v) is 23.4. The van der Waals surface area contributed by atoms with Crippen molar-refractivity contribution in [1.29, 1.82) is 0 Å². The molecule has 3 unspecified atom stereocenters. The monoisotopic (exact) mass is 581 g/mol. The standard InChI is InChI=1S/C30H35N3O7S/c34-19-22-10-12-23(13-11-22)26-17-25(20-41-29-7-3-4-16-33(29)38)39-30(40-26)24-14-8-21(9-15-24)18-31-27(35)5-1-2-6-28(36)32-37/h3-4,7-16,25-26,30,34,37H,1-2,5-6,17-20H2,(H,31,35)(H,32,36). The Hall–Kier alpha value is -3.48. The van der Waals surface area contributed by atoms with E-state index in [0.29, 0.717) is 43.0 Å². The average molecular weight is 582 g/mol. The fourth-order valence-corrected chi connectivity index (χ4v) is 5.37. The number of nitrogens with zero attached hydrogens (tertiary/aromatic N) is 1. The van der Waals surface area contributed by atoms with Crippen molar-refractivity contribution in [3.8, 4) is 0 Å². The van der Waals surface area contributed by atoms with Crippen molar-refractivity contribution in [3.05, 3.63) is 100 Å². The molecule has 0 aliphatic carbocycles. The van der Waals surface area contributed by atoms with Gasteiger partial charge in [0.05, 0.1) is 18.8 Å². The first-order chi connectivity index (χ1) is 19.9. The summed E-state index contributed by atoms with van der Waals surface area (Å²) in [7, 11) is 0. The molecule has 1 aromatic heterocycles. The van der Waals surface area contributed by atoms with E-state index < -0.39 is 12.2 Å². The molecule has 4 N–H and O–H groups in total. The fourth-order valence-electron chi connectivity index (χ4n) is 4.43. The Morgan fingerprint density at radius 1 is 0.927 bits per heavy atom. The molecule has 3 atom stereocenters. The molecule has 1 saturated heterocycles. The molecule has 218 valence electrons. The van der Waals surface area contributed by atoms with Crippen molar-refractivity contribution in [3.63, 3.8) is 0 Å². The number of aromatic nitrogens is 1. The van der Waals surface area contributed by atoms with Crippen LogP contribution in [0.2, 0.25) is 0 Å². The smallest absolute Gasteiger partial charge is 0.251 e. The first-order valence-electron chi connectivity index (χ1n) is 13.5. The highest BCUT2D eigenvalue weighted by molar-refractivity contribution is 7.99. The average Bonchev–Trinajstić information content (AvgIpc) is 3.01. The van der Waals surface area contributed by atoms with Crippen molar-refractivity contribution < 1.29 is 34.1 Å². The zero-order chi connectivity index (χ0) is 29.0. The summed E-state index contributed by atoms with van der Waals surface area (Å²) in [6, 6.07) is 20.7. The van der Waals surface area contributed by atoms with Gasteiger partial charge in [-0.05, 0) is 35.6 Å². The summed E-state index contributed by atoms with van der Waals surface area (Å²) in [5.74, 6) is 0.0106. The van der Waals surface area contributed by atoms with E-state index in [4.69, 9.17) is 14.7 Å². The molecule has 0 saturated carbocycles. The minimum atomic E-state index is -0.619. The molecular formula is C30H35N3O7S. The molecule has 2 amide bonds. The molecular weight excluding hydrogens is 546 g/mol. The summed E-state index contributed by atoms with van der Waals surface area (Å²) >= 11 is 1.44. The maximum atomic E-state index is 12.1. The van der Waals surface area contributed by atoms with Crippen molar-refractivity contribution in [2.75, 3.05) is 5.75 Å². The van der Waals surface area contributed by atoms with Crippen LogP contribution in [-0.2, 0) is 32.2 Å². The van der Waals surface area contributed by atoms with Crippen LogP contribution < -0.4 is 15.5 Å². The van der Waals surface area contributed by atoms with E-state index in [0.717, 1.165) is 27.0 Å². The van der Waals surface area contributed by atoms with Gasteiger partial charge in [0.1, 0.15) is 0 Å². The summed E-state index contributed by atoms with van der Waals surface area (Å²) in [5, 5.41) is 33.5. The summed E-state index contributed by atoms with van der Waals surface area (Å²) in [6.45, 7) is 0.340. The number of amides is 2. The van der Waals surface area contributed by atoms with Gasteiger partial charge in [-0.15, -0.1) is 0 Å². The lowest BCUT2D eigenvalue weighted by Gasteiger charge is -2.36. The Morgan fingerprint density at radius 2 is 1.61 bits per heavy atom. The third kappa shape index (κ3) is 9.27. The van der Waals surface area contributed by atoms with Crippen molar-refractivity contribution >= 4 is 23.6 Å². The Labute approximate surface area is 243 Å². The number of pyridine rings is 1. The van der Waals surface area contributed by atoms with Crippen LogP contribution in [0.25, 0.3) is 0 Å². The van der Waals surface area contributed by atoms with Gasteiger partial charge in [0.25, 0.3) is 5.03 Å². The van der Waals surface area contributed by atoms with E-state index >= 15 is 0 Å². The molecule has 41 heavy (non-hydrogen) atoms. The zero-order valence-electron chi connectivity index (χ0n) is 22.6. The Kier molecular flexibility index (Phi) is 11.5. The van der Waals surface area contributed by atoms with Gasteiger partial charge in [-0.2, -0.15) is 4.73 Å². The predicted molar refractivity (Wildman–Crippen MR) is 151 cm³/mol. The third-order valence-electron chi connectivity index (χ3n) is 6.74. The number of rotatable bonds is 13. The van der Waals surface area contributed by atoms with Gasteiger partial charge in [-0.3, -0.25) is 14.8 Å². The SMILES string of the molecule is O=C(CCCCC(=O)NCc1ccc(C2OC(CSc3cccc[n+]3[O-])CC(c3ccc(CO)cc3)O2)cc1)NO. The van der Waals surface area contributed by atoms with Crippen molar-refractivity contribution in [1.82, 2.24) is 10.8 Å². The fraction of sp³-hybridized carbons (Fsp3) is 0.367. The second kappa shape index (κ2) is 15.5. The van der Waals surface area contributed by atoms with Crippen molar-refractivity contribution in [2.24, 2.45) is 0 Å². The molecule has 3 aromatic rings. The topological polar surface area (TPSA) is 144 Å². The molecule has 4 rings (SSSR count). The number of hydrogen-bond acceptors (Lipinski definition) is 8. The number of unbranched alkanes of at least 4 members (excludes halogenated alkanes) is 1. The summed E-state index contributed by atoms with van der Waals surface area (Å²) in [5.41, 5.74) is 5.15. The second-order valence-corrected chi connectivity index (χ2v) is 10.8. The minimum Gasteiger partial charge on any atom is -0.618 e. The Bertz CT molecular complexity index is 1270. The third-order valence-corrected chi connectivity index (χ3v) is 7.89. The molecule has 10 nitrogen and oxygen atoms in total. The van der Waals surface area contributed by atoms with E-state index in [9.17, 15) is 19.9 Å². The lowest BCUT2D eigenvalue weighted by Crippen LogP contribution is -2.32. The maximum Gasteiger partial charge on any atom is 0.251 e. The van der Waals surface area contributed by atoms with Gasteiger partial charge in [0.15, 0.2) is 12.5 Å². The van der Waals surface area contributed by atoms with E-state index in [-0.39, 0.29) is 31.1 Å². The van der Waals surface area contributed by atoms with E-state index in [1.165, 1.54) is 18.0 Å². The van der Waals surface area contributed by atoms with Gasteiger partial charge < -0.3 is 25.1 Å². The second-order valence-electron chi connectivity index (χ2n) is 9.79. The van der Waals surface area contributed by atoms with Crippen LogP contribution in [-0.4, -0.2) is 34.0 Å². The molecule has 2 aromatic carbocycles. The molecule has 1 fully saturated rings. The van der Waals surface area contributed by atoms with Gasteiger partial charge >= 0.3 is 0 Å². The number of thioether (sulfide) groups is 1. The van der Waals surface area contributed by atoms with Crippen molar-refractivity contribution in [2.45, 2.75) is 68.8 Å². The lowest BCUT2D eigenvalue weighted by atomic mass is 10.0. The normalized spacial score (nSPS) is 18.5. The first-order valence-corrected chi connectivity index (χ1v) is 14.5. The molecule has 0 bridgehead atoms. The number of benzene rings is 2. The van der Waals surface area contributed by atoms with Gasteiger partial charge in [0.2, 0.25) is 11.8 Å². The number of hydroxylamine groups is 1. The number of nitrogens with one attached hydrogen (secondary N) is 2. The first kappa shape index (κ1) is 30.5. The van der Waals surface area contributed by atoms with Crippen LogP contribution in [0.4, 0.5) is 0 Å². The van der Waals surface area contributed by atoms with E-state index in [1.54, 1.807) is 17.6 Å². The Morgan fingerprint density at radius 3 is 2.29 bits per heavy atom.